The zero-order valence-corrected chi connectivity index (χ0v) is 17.3. The van der Waals surface area contributed by atoms with E-state index in [-0.39, 0.29) is 11.9 Å². The summed E-state index contributed by atoms with van der Waals surface area (Å²) in [5.41, 5.74) is 3.12. The van der Waals surface area contributed by atoms with E-state index >= 15 is 0 Å². The van der Waals surface area contributed by atoms with Crippen LogP contribution in [0.15, 0.2) is 114 Å². The maximum Gasteiger partial charge on any atom is 0.274 e. The Balaban J connectivity index is 1.49. The predicted molar refractivity (Wildman–Crippen MR) is 124 cm³/mol. The first-order valence-corrected chi connectivity index (χ1v) is 10.5. The van der Waals surface area contributed by atoms with E-state index in [9.17, 15) is 4.79 Å². The van der Waals surface area contributed by atoms with Crippen LogP contribution in [0.5, 0.6) is 11.5 Å². The quantitative estimate of drug-likeness (QED) is 0.407. The third-order valence-electron chi connectivity index (χ3n) is 5.32. The number of aromatic nitrogens is 1. The summed E-state index contributed by atoms with van der Waals surface area (Å²) in [4.78, 5) is 17.8. The summed E-state index contributed by atoms with van der Waals surface area (Å²) >= 11 is 0. The Kier molecular flexibility index (Phi) is 5.45. The number of hydrazone groups is 1. The van der Waals surface area contributed by atoms with Gasteiger partial charge < -0.3 is 4.74 Å². The van der Waals surface area contributed by atoms with Crippen LogP contribution in [-0.2, 0) is 0 Å². The molecule has 0 N–H and O–H groups in total. The third kappa shape index (κ3) is 4.14. The zero-order valence-electron chi connectivity index (χ0n) is 17.3. The minimum atomic E-state index is -0.251. The molecule has 0 aliphatic carbocycles. The average Bonchev–Trinajstić information content (AvgIpc) is 3.31. The van der Waals surface area contributed by atoms with Crippen LogP contribution in [0.4, 0.5) is 0 Å². The lowest BCUT2D eigenvalue weighted by atomic mass is 9.99. The van der Waals surface area contributed by atoms with E-state index in [0.717, 1.165) is 22.7 Å². The number of hydrogen-bond donors (Lipinski definition) is 0. The molecule has 1 aliphatic rings. The second-order valence-electron chi connectivity index (χ2n) is 7.48. The second-order valence-corrected chi connectivity index (χ2v) is 7.48. The lowest BCUT2D eigenvalue weighted by Crippen LogP contribution is -2.27. The van der Waals surface area contributed by atoms with Crippen molar-refractivity contribution in [2.75, 3.05) is 0 Å². The molecule has 0 saturated carbocycles. The van der Waals surface area contributed by atoms with Gasteiger partial charge in [0.05, 0.1) is 17.4 Å². The summed E-state index contributed by atoms with van der Waals surface area (Å²) in [6, 6.07) is 32.2. The van der Waals surface area contributed by atoms with E-state index < -0.39 is 0 Å². The van der Waals surface area contributed by atoms with Crippen molar-refractivity contribution < 1.29 is 9.53 Å². The van der Waals surface area contributed by atoms with Crippen molar-refractivity contribution in [1.29, 1.82) is 0 Å². The average molecular weight is 419 g/mol. The molecular formula is C27H21N3O2. The van der Waals surface area contributed by atoms with Gasteiger partial charge in [0.2, 0.25) is 0 Å². The van der Waals surface area contributed by atoms with Crippen LogP contribution >= 0.6 is 0 Å². The molecule has 1 aromatic heterocycles. The molecule has 2 heterocycles. The molecule has 0 bridgehead atoms. The van der Waals surface area contributed by atoms with Gasteiger partial charge in [-0.25, -0.2) is 5.01 Å². The van der Waals surface area contributed by atoms with E-state index in [4.69, 9.17) is 9.84 Å². The van der Waals surface area contributed by atoms with Crippen molar-refractivity contribution in [2.24, 2.45) is 5.10 Å². The van der Waals surface area contributed by atoms with Gasteiger partial charge in [-0.2, -0.15) is 5.10 Å². The lowest BCUT2D eigenvalue weighted by Gasteiger charge is -2.22. The lowest BCUT2D eigenvalue weighted by molar-refractivity contribution is 0.0711. The number of carbonyl (C=O) groups is 1. The van der Waals surface area contributed by atoms with Crippen LogP contribution in [-0.4, -0.2) is 21.6 Å². The Morgan fingerprint density at radius 2 is 1.53 bits per heavy atom. The van der Waals surface area contributed by atoms with E-state index in [0.29, 0.717) is 17.7 Å². The number of rotatable bonds is 5. The summed E-state index contributed by atoms with van der Waals surface area (Å²) in [5, 5.41) is 6.27. The highest BCUT2D eigenvalue weighted by molar-refractivity contribution is 6.03. The molecule has 0 spiro atoms. The van der Waals surface area contributed by atoms with Crippen LogP contribution in [0.2, 0.25) is 0 Å². The van der Waals surface area contributed by atoms with E-state index in [1.54, 1.807) is 11.2 Å². The number of pyridine rings is 1. The summed E-state index contributed by atoms with van der Waals surface area (Å²) < 4.78 is 6.02. The minimum absolute atomic E-state index is 0.143. The largest absolute Gasteiger partial charge is 0.457 e. The molecular weight excluding hydrogens is 398 g/mol. The fraction of sp³-hybridized carbons (Fsp3) is 0.0741. The van der Waals surface area contributed by atoms with E-state index in [2.05, 4.69) is 4.98 Å². The Bertz CT molecular complexity index is 1240. The van der Waals surface area contributed by atoms with Crippen molar-refractivity contribution in [3.05, 3.63) is 126 Å². The van der Waals surface area contributed by atoms with Crippen molar-refractivity contribution in [3.63, 3.8) is 0 Å². The van der Waals surface area contributed by atoms with Gasteiger partial charge in [-0.15, -0.1) is 0 Å². The highest BCUT2D eigenvalue weighted by atomic mass is 16.5. The summed E-state index contributed by atoms with van der Waals surface area (Å²) in [5.74, 6) is 1.33. The van der Waals surface area contributed by atoms with Gasteiger partial charge in [0, 0.05) is 18.2 Å². The number of hydrogen-bond acceptors (Lipinski definition) is 4. The van der Waals surface area contributed by atoms with Crippen molar-refractivity contribution in [2.45, 2.75) is 12.5 Å². The summed E-state index contributed by atoms with van der Waals surface area (Å²) in [6.07, 6.45) is 2.31. The van der Waals surface area contributed by atoms with Crippen molar-refractivity contribution in [1.82, 2.24) is 9.99 Å². The first-order chi connectivity index (χ1) is 15.8. The maximum absolute atomic E-state index is 13.4. The Morgan fingerprint density at radius 1 is 0.812 bits per heavy atom. The number of nitrogens with zero attached hydrogens (tertiary/aromatic N) is 3. The molecule has 0 saturated heterocycles. The topological polar surface area (TPSA) is 54.8 Å². The molecule has 0 radical (unpaired) electrons. The van der Waals surface area contributed by atoms with Crippen molar-refractivity contribution >= 4 is 11.6 Å². The molecule has 5 rings (SSSR count). The third-order valence-corrected chi connectivity index (χ3v) is 5.32. The maximum atomic E-state index is 13.4. The molecule has 5 heteroatoms. The molecule has 0 fully saturated rings. The molecule has 1 atom stereocenters. The normalized spacial score (nSPS) is 15.3. The summed E-state index contributed by atoms with van der Waals surface area (Å²) in [6.45, 7) is 0. The number of amides is 1. The SMILES string of the molecule is O=C(c1ccccc1)N1N=C(c2ccccn2)CC1c1cccc(Oc2ccccc2)c1. The molecule has 5 nitrogen and oxygen atoms in total. The van der Waals surface area contributed by atoms with Crippen LogP contribution in [0.1, 0.15) is 34.1 Å². The highest BCUT2D eigenvalue weighted by Crippen LogP contribution is 2.35. The second kappa shape index (κ2) is 8.86. The predicted octanol–water partition coefficient (Wildman–Crippen LogP) is 5.87. The van der Waals surface area contributed by atoms with Gasteiger partial charge >= 0.3 is 0 Å². The Labute approximate surface area is 186 Å². The Hall–Kier alpha value is -4.25. The van der Waals surface area contributed by atoms with E-state index in [1.165, 1.54) is 0 Å². The van der Waals surface area contributed by atoms with Gasteiger partial charge in [-0.1, -0.05) is 54.6 Å². The number of benzene rings is 3. The van der Waals surface area contributed by atoms with Gasteiger partial charge in [-0.3, -0.25) is 9.78 Å². The van der Waals surface area contributed by atoms with Crippen LogP contribution in [0.3, 0.4) is 0 Å². The first kappa shape index (κ1) is 19.7. The van der Waals surface area contributed by atoms with Gasteiger partial charge in [0.1, 0.15) is 11.5 Å². The molecule has 1 aliphatic heterocycles. The Morgan fingerprint density at radius 3 is 2.28 bits per heavy atom. The standard InChI is InChI=1S/C27H21N3O2/c31-27(20-10-3-1-4-11-20)30-26(19-25(29-30)24-16-7-8-17-28-24)21-12-9-15-23(18-21)32-22-13-5-2-6-14-22/h1-18,26H,19H2. The van der Waals surface area contributed by atoms with Gasteiger partial charge in [-0.05, 0) is 54.1 Å². The zero-order chi connectivity index (χ0) is 21.8. The smallest absolute Gasteiger partial charge is 0.274 e. The van der Waals surface area contributed by atoms with Crippen molar-refractivity contribution in [3.8, 4) is 11.5 Å². The molecule has 156 valence electrons. The van der Waals surface area contributed by atoms with Crippen LogP contribution in [0, 0.1) is 0 Å². The highest BCUT2D eigenvalue weighted by Gasteiger charge is 2.34. The number of para-hydroxylation sites is 1. The first-order valence-electron chi connectivity index (χ1n) is 10.5. The number of carbonyl (C=O) groups excluding carboxylic acids is 1. The van der Waals surface area contributed by atoms with E-state index in [1.807, 2.05) is 103 Å². The number of ether oxygens (including phenoxy) is 1. The molecule has 1 unspecified atom stereocenters. The fourth-order valence-corrected chi connectivity index (χ4v) is 3.77. The minimum Gasteiger partial charge on any atom is -0.457 e. The fourth-order valence-electron chi connectivity index (χ4n) is 3.77. The monoisotopic (exact) mass is 419 g/mol. The molecule has 1 amide bonds. The molecule has 4 aromatic rings. The molecule has 32 heavy (non-hydrogen) atoms. The molecule has 3 aromatic carbocycles. The van der Waals surface area contributed by atoms with Gasteiger partial charge in [0.15, 0.2) is 0 Å². The van der Waals surface area contributed by atoms with Crippen LogP contribution in [0.25, 0.3) is 0 Å². The summed E-state index contributed by atoms with van der Waals surface area (Å²) in [7, 11) is 0. The van der Waals surface area contributed by atoms with Gasteiger partial charge in [0.25, 0.3) is 5.91 Å². The van der Waals surface area contributed by atoms with Crippen LogP contribution < -0.4 is 4.74 Å².